The number of thiazole rings is 1. The number of carbonyl (C=O) groups is 2. The molecule has 2 aromatic carbocycles. The third-order valence-electron chi connectivity index (χ3n) is 4.58. The molecule has 3 aromatic rings. The van der Waals surface area contributed by atoms with Crippen LogP contribution in [0.4, 0.5) is 5.00 Å². The van der Waals surface area contributed by atoms with Crippen molar-refractivity contribution in [2.75, 3.05) is 38.9 Å². The monoisotopic (exact) mass is 499 g/mol. The molecule has 0 fully saturated rings. The van der Waals surface area contributed by atoms with Crippen LogP contribution in [0.2, 0.25) is 0 Å². The molecule has 8 nitrogen and oxygen atoms in total. The van der Waals surface area contributed by atoms with Crippen molar-refractivity contribution >= 4 is 39.9 Å². The Kier molecular flexibility index (Phi) is 8.94. The second-order valence-corrected chi connectivity index (χ2v) is 8.99. The lowest BCUT2D eigenvalue weighted by Crippen LogP contribution is -2.24. The van der Waals surface area contributed by atoms with Gasteiger partial charge in [0.15, 0.2) is 15.8 Å². The Morgan fingerprint density at radius 3 is 2.35 bits per heavy atom. The number of hydrogen-bond acceptors (Lipinski definition) is 8. The molecule has 0 atom stereocenters. The summed E-state index contributed by atoms with van der Waals surface area (Å²) in [5.74, 6) is 0.876. The van der Waals surface area contributed by atoms with Crippen molar-refractivity contribution in [1.29, 1.82) is 0 Å². The summed E-state index contributed by atoms with van der Waals surface area (Å²) in [6.07, 6.45) is 1.62. The van der Waals surface area contributed by atoms with E-state index in [2.05, 4.69) is 22.2 Å². The first-order chi connectivity index (χ1) is 16.5. The molecule has 10 heteroatoms. The normalized spacial score (nSPS) is 10.3. The molecule has 34 heavy (non-hydrogen) atoms. The molecular weight excluding hydrogens is 474 g/mol. The highest BCUT2D eigenvalue weighted by Gasteiger charge is 2.20. The van der Waals surface area contributed by atoms with E-state index in [1.807, 2.05) is 30.3 Å². The number of carbonyl (C=O) groups excluding carboxylic acids is 2. The zero-order valence-corrected chi connectivity index (χ0v) is 20.7. The quantitative estimate of drug-likeness (QED) is 0.296. The standard InChI is InChI=1S/C24H25N3O5S2/c1-5-11-25-19(28)14-33-24-26-20(15-9-7-6-8-10-15)23(34-24)27-22(29)16-12-17(30-2)21(32-4)18(13-16)31-3/h5-10,12-13H,1,11,14H2,2-4H3,(H,25,28)(H,27,29). The number of anilines is 1. The van der Waals surface area contributed by atoms with Crippen molar-refractivity contribution in [3.63, 3.8) is 0 Å². The molecule has 0 aliphatic rings. The third kappa shape index (κ3) is 6.09. The fourth-order valence-electron chi connectivity index (χ4n) is 2.99. The van der Waals surface area contributed by atoms with Gasteiger partial charge in [-0.3, -0.25) is 9.59 Å². The Morgan fingerprint density at radius 1 is 1.09 bits per heavy atom. The van der Waals surface area contributed by atoms with Crippen molar-refractivity contribution < 1.29 is 23.8 Å². The van der Waals surface area contributed by atoms with E-state index in [1.165, 1.54) is 44.4 Å². The lowest BCUT2D eigenvalue weighted by Gasteiger charge is -2.14. The van der Waals surface area contributed by atoms with Gasteiger partial charge in [-0.2, -0.15) is 0 Å². The predicted molar refractivity (Wildman–Crippen MR) is 136 cm³/mol. The van der Waals surface area contributed by atoms with Crippen LogP contribution in [0.3, 0.4) is 0 Å². The third-order valence-corrected chi connectivity index (χ3v) is 6.69. The number of amides is 2. The maximum Gasteiger partial charge on any atom is 0.256 e. The van der Waals surface area contributed by atoms with Crippen molar-refractivity contribution in [2.24, 2.45) is 0 Å². The summed E-state index contributed by atoms with van der Waals surface area (Å²) in [5.41, 5.74) is 1.81. The molecule has 1 aromatic heterocycles. The van der Waals surface area contributed by atoms with E-state index < -0.39 is 0 Å². The Hall–Kier alpha value is -3.50. The van der Waals surface area contributed by atoms with Gasteiger partial charge in [0.25, 0.3) is 5.91 Å². The average Bonchev–Trinajstić information content (AvgIpc) is 3.28. The largest absolute Gasteiger partial charge is 0.493 e. The lowest BCUT2D eigenvalue weighted by atomic mass is 10.1. The van der Waals surface area contributed by atoms with Gasteiger partial charge >= 0.3 is 0 Å². The molecule has 2 amide bonds. The molecule has 3 rings (SSSR count). The van der Waals surface area contributed by atoms with Crippen LogP contribution in [0.25, 0.3) is 11.3 Å². The van der Waals surface area contributed by atoms with E-state index in [0.717, 1.165) is 5.56 Å². The van der Waals surface area contributed by atoms with Crippen LogP contribution in [0.1, 0.15) is 10.4 Å². The number of rotatable bonds is 11. The second-order valence-electron chi connectivity index (χ2n) is 6.77. The van der Waals surface area contributed by atoms with Crippen molar-refractivity contribution in [3.8, 4) is 28.5 Å². The van der Waals surface area contributed by atoms with Crippen LogP contribution in [-0.2, 0) is 4.79 Å². The van der Waals surface area contributed by atoms with Gasteiger partial charge in [0.1, 0.15) is 10.7 Å². The molecule has 0 saturated carbocycles. The molecule has 0 spiro atoms. The van der Waals surface area contributed by atoms with Gasteiger partial charge in [0, 0.05) is 17.7 Å². The Balaban J connectivity index is 1.89. The fourth-order valence-corrected chi connectivity index (χ4v) is 4.88. The topological polar surface area (TPSA) is 98.8 Å². The number of ether oxygens (including phenoxy) is 3. The van der Waals surface area contributed by atoms with Gasteiger partial charge in [-0.1, -0.05) is 59.5 Å². The van der Waals surface area contributed by atoms with Gasteiger partial charge in [-0.15, -0.1) is 6.58 Å². The fraction of sp³-hybridized carbons (Fsp3) is 0.208. The van der Waals surface area contributed by atoms with Crippen LogP contribution >= 0.6 is 23.1 Å². The maximum absolute atomic E-state index is 13.2. The molecule has 178 valence electrons. The smallest absolute Gasteiger partial charge is 0.256 e. The minimum atomic E-state index is -0.361. The minimum Gasteiger partial charge on any atom is -0.493 e. The summed E-state index contributed by atoms with van der Waals surface area (Å²) in [5, 5.41) is 6.25. The Bertz CT molecular complexity index is 1140. The molecule has 2 N–H and O–H groups in total. The molecule has 1 heterocycles. The van der Waals surface area contributed by atoms with Crippen molar-refractivity contribution in [1.82, 2.24) is 10.3 Å². The number of benzene rings is 2. The summed E-state index contributed by atoms with van der Waals surface area (Å²) in [4.78, 5) is 29.8. The Labute approximate surface area is 206 Å². The van der Waals surface area contributed by atoms with Crippen LogP contribution in [0, 0.1) is 0 Å². The average molecular weight is 500 g/mol. The van der Waals surface area contributed by atoms with E-state index in [1.54, 1.807) is 18.2 Å². The first kappa shape index (κ1) is 25.1. The molecule has 0 unspecified atom stereocenters. The van der Waals surface area contributed by atoms with E-state index >= 15 is 0 Å². The number of nitrogens with zero attached hydrogens (tertiary/aromatic N) is 1. The van der Waals surface area contributed by atoms with Gasteiger partial charge in [-0.05, 0) is 12.1 Å². The summed E-state index contributed by atoms with van der Waals surface area (Å²) in [7, 11) is 4.48. The molecule has 0 aliphatic carbocycles. The van der Waals surface area contributed by atoms with E-state index in [4.69, 9.17) is 14.2 Å². The summed E-state index contributed by atoms with van der Waals surface area (Å²) < 4.78 is 16.7. The van der Waals surface area contributed by atoms with E-state index in [0.29, 0.717) is 44.4 Å². The van der Waals surface area contributed by atoms with Crippen molar-refractivity contribution in [3.05, 3.63) is 60.7 Å². The van der Waals surface area contributed by atoms with Gasteiger partial charge in [-0.25, -0.2) is 4.98 Å². The van der Waals surface area contributed by atoms with Crippen LogP contribution in [-0.4, -0.2) is 50.4 Å². The summed E-state index contributed by atoms with van der Waals surface area (Å²) in [6, 6.07) is 12.7. The Morgan fingerprint density at radius 2 is 1.76 bits per heavy atom. The molecule has 0 bridgehead atoms. The van der Waals surface area contributed by atoms with E-state index in [-0.39, 0.29) is 17.6 Å². The van der Waals surface area contributed by atoms with Crippen molar-refractivity contribution in [2.45, 2.75) is 4.34 Å². The zero-order valence-electron chi connectivity index (χ0n) is 19.0. The van der Waals surface area contributed by atoms with Gasteiger partial charge in [0.2, 0.25) is 11.7 Å². The first-order valence-electron chi connectivity index (χ1n) is 10.2. The minimum absolute atomic E-state index is 0.121. The highest BCUT2D eigenvalue weighted by molar-refractivity contribution is 8.01. The number of methoxy groups -OCH3 is 3. The van der Waals surface area contributed by atoms with Crippen LogP contribution < -0.4 is 24.8 Å². The number of thioether (sulfide) groups is 1. The first-order valence-corrected chi connectivity index (χ1v) is 12.0. The molecular formula is C24H25N3O5S2. The number of aromatic nitrogens is 1. The van der Waals surface area contributed by atoms with E-state index in [9.17, 15) is 9.59 Å². The highest BCUT2D eigenvalue weighted by atomic mass is 32.2. The predicted octanol–water partition coefficient (Wildman–Crippen LogP) is 4.48. The second kappa shape index (κ2) is 12.1. The maximum atomic E-state index is 13.2. The summed E-state index contributed by atoms with van der Waals surface area (Å²) in [6.45, 7) is 3.99. The lowest BCUT2D eigenvalue weighted by molar-refractivity contribution is -0.118. The van der Waals surface area contributed by atoms with Gasteiger partial charge < -0.3 is 24.8 Å². The summed E-state index contributed by atoms with van der Waals surface area (Å²) >= 11 is 2.61. The van der Waals surface area contributed by atoms with Crippen LogP contribution in [0.15, 0.2) is 59.5 Å². The SMILES string of the molecule is C=CCNC(=O)CSc1nc(-c2ccccc2)c(NC(=O)c2cc(OC)c(OC)c(OC)c2)s1. The number of nitrogens with one attached hydrogen (secondary N) is 2. The highest BCUT2D eigenvalue weighted by Crippen LogP contribution is 2.40. The molecule has 0 aliphatic heterocycles. The van der Waals surface area contributed by atoms with Crippen LogP contribution in [0.5, 0.6) is 17.2 Å². The van der Waals surface area contributed by atoms with Gasteiger partial charge in [0.05, 0.1) is 27.1 Å². The molecule has 0 saturated heterocycles. The zero-order chi connectivity index (χ0) is 24.5. The molecule has 0 radical (unpaired) electrons. The number of hydrogen-bond donors (Lipinski definition) is 2.